The Morgan fingerprint density at radius 3 is 3.12 bits per heavy atom. The molecule has 2 aromatic rings. The van der Waals surface area contributed by atoms with Gasteiger partial charge in [-0.15, -0.1) is 5.10 Å². The number of rotatable bonds is 6. The molecule has 0 unspecified atom stereocenters. The predicted molar refractivity (Wildman–Crippen MR) is 57.4 cm³/mol. The molecule has 0 aliphatic rings. The molecule has 17 heavy (non-hydrogen) atoms. The number of hydrogen-bond acceptors (Lipinski definition) is 5. The molecule has 0 fully saturated rings. The highest BCUT2D eigenvalue weighted by molar-refractivity contribution is 5.84. The zero-order chi connectivity index (χ0) is 12.1. The lowest BCUT2D eigenvalue weighted by Crippen LogP contribution is -2.19. The molecular formula is C10H12N4O3. The third-order valence-corrected chi connectivity index (χ3v) is 2.15. The van der Waals surface area contributed by atoms with E-state index in [0.29, 0.717) is 19.6 Å². The highest BCUT2D eigenvalue weighted by atomic mass is 16.4. The fourth-order valence-electron chi connectivity index (χ4n) is 1.32. The molecule has 0 radical (unpaired) electrons. The minimum absolute atomic E-state index is 0.0453. The summed E-state index contributed by atoms with van der Waals surface area (Å²) in [6.07, 6.45) is 3.02. The first-order chi connectivity index (χ1) is 8.25. The number of nitrogens with zero attached hydrogens (tertiary/aromatic N) is 3. The summed E-state index contributed by atoms with van der Waals surface area (Å²) in [7, 11) is 0. The highest BCUT2D eigenvalue weighted by Gasteiger charge is 2.07. The largest absolute Gasteiger partial charge is 0.476 e. The Kier molecular flexibility index (Phi) is 3.51. The second kappa shape index (κ2) is 5.26. The fraction of sp³-hybridized carbons (Fsp3) is 0.300. The van der Waals surface area contributed by atoms with E-state index in [1.165, 1.54) is 10.9 Å². The Morgan fingerprint density at radius 2 is 2.47 bits per heavy atom. The molecule has 2 aromatic heterocycles. The second-order valence-electron chi connectivity index (χ2n) is 3.43. The summed E-state index contributed by atoms with van der Waals surface area (Å²) in [6.45, 7) is 1.84. The van der Waals surface area contributed by atoms with Crippen LogP contribution in [0.1, 0.15) is 16.2 Å². The number of carboxylic acids is 1. The summed E-state index contributed by atoms with van der Waals surface area (Å²) in [5.74, 6) is -0.213. The van der Waals surface area contributed by atoms with Gasteiger partial charge in [-0.05, 0) is 12.1 Å². The Balaban J connectivity index is 1.72. The molecule has 0 saturated carbocycles. The van der Waals surface area contributed by atoms with Gasteiger partial charge in [-0.2, -0.15) is 0 Å². The van der Waals surface area contributed by atoms with Gasteiger partial charge in [0.05, 0.1) is 25.5 Å². The third-order valence-electron chi connectivity index (χ3n) is 2.15. The summed E-state index contributed by atoms with van der Waals surface area (Å²) < 4.78 is 6.63. The lowest BCUT2D eigenvalue weighted by Gasteiger charge is -2.01. The van der Waals surface area contributed by atoms with E-state index >= 15 is 0 Å². The van der Waals surface area contributed by atoms with E-state index in [0.717, 1.165) is 5.76 Å². The number of aromatic nitrogens is 3. The predicted octanol–water partition coefficient (Wildman–Crippen LogP) is 0.359. The first-order valence-corrected chi connectivity index (χ1v) is 5.12. The van der Waals surface area contributed by atoms with Crippen molar-refractivity contribution < 1.29 is 14.3 Å². The lowest BCUT2D eigenvalue weighted by atomic mass is 10.4. The van der Waals surface area contributed by atoms with Crippen LogP contribution in [0, 0.1) is 0 Å². The van der Waals surface area contributed by atoms with E-state index in [1.54, 1.807) is 6.26 Å². The topological polar surface area (TPSA) is 93.2 Å². The first-order valence-electron chi connectivity index (χ1n) is 5.12. The molecule has 7 heteroatoms. The molecule has 0 spiro atoms. The van der Waals surface area contributed by atoms with E-state index in [-0.39, 0.29) is 5.69 Å². The third kappa shape index (κ3) is 3.15. The second-order valence-corrected chi connectivity index (χ2v) is 3.43. The molecule has 2 rings (SSSR count). The Morgan fingerprint density at radius 1 is 1.59 bits per heavy atom. The van der Waals surface area contributed by atoms with Crippen LogP contribution in [0.2, 0.25) is 0 Å². The van der Waals surface area contributed by atoms with E-state index in [1.807, 2.05) is 12.1 Å². The van der Waals surface area contributed by atoms with E-state index in [9.17, 15) is 4.79 Å². The molecule has 0 bridgehead atoms. The number of carboxylic acid groups (broad SMARTS) is 1. The van der Waals surface area contributed by atoms with E-state index < -0.39 is 5.97 Å². The van der Waals surface area contributed by atoms with Gasteiger partial charge in [0.1, 0.15) is 5.76 Å². The summed E-state index contributed by atoms with van der Waals surface area (Å²) in [5, 5.41) is 19.0. The van der Waals surface area contributed by atoms with Crippen LogP contribution >= 0.6 is 0 Å². The summed E-state index contributed by atoms with van der Waals surface area (Å²) in [5.41, 5.74) is -0.0453. The van der Waals surface area contributed by atoms with Gasteiger partial charge in [0.15, 0.2) is 5.69 Å². The Bertz CT molecular complexity index is 477. The molecule has 0 atom stereocenters. The van der Waals surface area contributed by atoms with Crippen molar-refractivity contribution in [2.24, 2.45) is 0 Å². The van der Waals surface area contributed by atoms with Crippen LogP contribution in [-0.2, 0) is 13.1 Å². The van der Waals surface area contributed by atoms with Gasteiger partial charge in [-0.3, -0.25) is 4.68 Å². The molecule has 2 heterocycles. The van der Waals surface area contributed by atoms with Crippen LogP contribution in [0.5, 0.6) is 0 Å². The first kappa shape index (κ1) is 11.3. The summed E-state index contributed by atoms with van der Waals surface area (Å²) in [4.78, 5) is 10.6. The smallest absolute Gasteiger partial charge is 0.358 e. The van der Waals surface area contributed by atoms with Crippen LogP contribution in [0.15, 0.2) is 29.0 Å². The standard InChI is InChI=1S/C10H12N4O3/c15-10(16)9-7-14(13-12-9)4-3-11-6-8-2-1-5-17-8/h1-2,5,7,11H,3-4,6H2,(H,15,16). The molecular weight excluding hydrogens is 224 g/mol. The van der Waals surface area contributed by atoms with Gasteiger partial charge in [0, 0.05) is 6.54 Å². The number of nitrogens with one attached hydrogen (secondary N) is 1. The molecule has 0 aromatic carbocycles. The van der Waals surface area contributed by atoms with Crippen molar-refractivity contribution in [2.45, 2.75) is 13.1 Å². The van der Waals surface area contributed by atoms with Crippen LogP contribution in [0.4, 0.5) is 0 Å². The molecule has 2 N–H and O–H groups in total. The van der Waals surface area contributed by atoms with Crippen molar-refractivity contribution >= 4 is 5.97 Å². The van der Waals surface area contributed by atoms with Crippen molar-refractivity contribution in [2.75, 3.05) is 6.54 Å². The quantitative estimate of drug-likeness (QED) is 0.703. The summed E-state index contributed by atoms with van der Waals surface area (Å²) >= 11 is 0. The Labute approximate surface area is 97.0 Å². The fourth-order valence-corrected chi connectivity index (χ4v) is 1.32. The maximum atomic E-state index is 10.6. The zero-order valence-corrected chi connectivity index (χ0v) is 9.04. The van der Waals surface area contributed by atoms with Gasteiger partial charge in [0.25, 0.3) is 0 Å². The number of furan rings is 1. The number of carbonyl (C=O) groups is 1. The van der Waals surface area contributed by atoms with Gasteiger partial charge in [-0.1, -0.05) is 5.21 Å². The van der Waals surface area contributed by atoms with Crippen molar-refractivity contribution in [1.82, 2.24) is 20.3 Å². The number of aromatic carboxylic acids is 1. The lowest BCUT2D eigenvalue weighted by molar-refractivity contribution is 0.0690. The Hall–Kier alpha value is -2.15. The maximum Gasteiger partial charge on any atom is 0.358 e. The molecule has 0 aliphatic carbocycles. The SMILES string of the molecule is O=C(O)c1cn(CCNCc2ccco2)nn1. The molecule has 90 valence electrons. The van der Waals surface area contributed by atoms with Crippen molar-refractivity contribution in [3.8, 4) is 0 Å². The minimum Gasteiger partial charge on any atom is -0.476 e. The average Bonchev–Trinajstić information content (AvgIpc) is 2.96. The molecule has 0 aliphatic heterocycles. The van der Waals surface area contributed by atoms with Gasteiger partial charge in [0.2, 0.25) is 0 Å². The summed E-state index contributed by atoms with van der Waals surface area (Å²) in [6, 6.07) is 3.71. The van der Waals surface area contributed by atoms with Crippen molar-refractivity contribution in [1.29, 1.82) is 0 Å². The van der Waals surface area contributed by atoms with Crippen LogP contribution in [0.3, 0.4) is 0 Å². The van der Waals surface area contributed by atoms with E-state index in [2.05, 4.69) is 15.6 Å². The minimum atomic E-state index is -1.07. The molecule has 7 nitrogen and oxygen atoms in total. The van der Waals surface area contributed by atoms with Crippen LogP contribution in [-0.4, -0.2) is 32.6 Å². The number of hydrogen-bond donors (Lipinski definition) is 2. The zero-order valence-electron chi connectivity index (χ0n) is 9.04. The normalized spacial score (nSPS) is 10.6. The maximum absolute atomic E-state index is 10.6. The van der Waals surface area contributed by atoms with E-state index in [4.69, 9.17) is 9.52 Å². The van der Waals surface area contributed by atoms with Crippen molar-refractivity contribution in [3.05, 3.63) is 36.0 Å². The molecule has 0 saturated heterocycles. The van der Waals surface area contributed by atoms with Crippen LogP contribution in [0.25, 0.3) is 0 Å². The average molecular weight is 236 g/mol. The van der Waals surface area contributed by atoms with Gasteiger partial charge < -0.3 is 14.8 Å². The molecule has 0 amide bonds. The van der Waals surface area contributed by atoms with Gasteiger partial charge in [-0.25, -0.2) is 4.79 Å². The van der Waals surface area contributed by atoms with Crippen LogP contribution < -0.4 is 5.32 Å². The van der Waals surface area contributed by atoms with Crippen molar-refractivity contribution in [3.63, 3.8) is 0 Å². The monoisotopic (exact) mass is 236 g/mol. The van der Waals surface area contributed by atoms with Gasteiger partial charge >= 0.3 is 5.97 Å². The highest BCUT2D eigenvalue weighted by Crippen LogP contribution is 1.98.